The number of nitriles is 1. The fourth-order valence-electron chi connectivity index (χ4n) is 2.82. The number of hydrogen-bond donors (Lipinski definition) is 1. The van der Waals surface area contributed by atoms with Gasteiger partial charge in [-0.3, -0.25) is 4.90 Å². The van der Waals surface area contributed by atoms with Gasteiger partial charge in [0.1, 0.15) is 11.9 Å². The third-order valence-corrected chi connectivity index (χ3v) is 4.19. The van der Waals surface area contributed by atoms with E-state index in [2.05, 4.69) is 20.9 Å². The van der Waals surface area contributed by atoms with Crippen LogP contribution in [0.15, 0.2) is 48.7 Å². The third kappa shape index (κ3) is 3.86. The first-order valence-electron chi connectivity index (χ1n) is 7.83. The minimum atomic E-state index is -0.448. The van der Waals surface area contributed by atoms with Gasteiger partial charge in [-0.2, -0.15) is 5.26 Å². The van der Waals surface area contributed by atoms with E-state index >= 15 is 0 Å². The van der Waals surface area contributed by atoms with Gasteiger partial charge in [-0.1, -0.05) is 30.3 Å². The third-order valence-electron chi connectivity index (χ3n) is 4.19. The highest BCUT2D eigenvalue weighted by molar-refractivity contribution is 5.42. The summed E-state index contributed by atoms with van der Waals surface area (Å²) in [5, 5.41) is 19.1. The van der Waals surface area contributed by atoms with Gasteiger partial charge in [0.05, 0.1) is 11.7 Å². The van der Waals surface area contributed by atoms with Crippen LogP contribution in [0.5, 0.6) is 0 Å². The molecule has 118 valence electrons. The van der Waals surface area contributed by atoms with Crippen LogP contribution in [0.25, 0.3) is 0 Å². The van der Waals surface area contributed by atoms with E-state index in [-0.39, 0.29) is 0 Å². The normalized spacial score (nSPS) is 16.8. The first kappa shape index (κ1) is 15.5. The summed E-state index contributed by atoms with van der Waals surface area (Å²) in [6, 6.07) is 15.6. The summed E-state index contributed by atoms with van der Waals surface area (Å²) < 4.78 is 0. The molecular formula is C18H20N4O. The van der Waals surface area contributed by atoms with Gasteiger partial charge in [0.15, 0.2) is 0 Å². The number of aromatic nitrogens is 1. The van der Waals surface area contributed by atoms with Crippen molar-refractivity contribution in [2.75, 3.05) is 37.6 Å². The van der Waals surface area contributed by atoms with Crippen molar-refractivity contribution in [2.45, 2.75) is 6.10 Å². The Morgan fingerprint density at radius 1 is 1.09 bits per heavy atom. The number of benzene rings is 1. The maximum absolute atomic E-state index is 10.3. The highest BCUT2D eigenvalue weighted by atomic mass is 16.3. The zero-order valence-electron chi connectivity index (χ0n) is 13.0. The lowest BCUT2D eigenvalue weighted by Crippen LogP contribution is -2.47. The molecule has 3 rings (SSSR count). The van der Waals surface area contributed by atoms with E-state index in [0.29, 0.717) is 12.1 Å². The molecule has 0 aliphatic carbocycles. The largest absolute Gasteiger partial charge is 0.387 e. The van der Waals surface area contributed by atoms with Gasteiger partial charge in [-0.25, -0.2) is 4.98 Å². The van der Waals surface area contributed by atoms with Crippen molar-refractivity contribution in [1.82, 2.24) is 9.88 Å². The minimum absolute atomic E-state index is 0.448. The topological polar surface area (TPSA) is 63.4 Å². The van der Waals surface area contributed by atoms with Crippen molar-refractivity contribution in [3.63, 3.8) is 0 Å². The molecule has 1 aromatic heterocycles. The summed E-state index contributed by atoms with van der Waals surface area (Å²) in [6.45, 7) is 4.19. The molecule has 5 heteroatoms. The Morgan fingerprint density at radius 3 is 2.43 bits per heavy atom. The quantitative estimate of drug-likeness (QED) is 0.933. The molecule has 2 aromatic rings. The van der Waals surface area contributed by atoms with E-state index in [9.17, 15) is 5.11 Å². The fourth-order valence-corrected chi connectivity index (χ4v) is 2.82. The number of pyridine rings is 1. The molecule has 0 saturated carbocycles. The van der Waals surface area contributed by atoms with Crippen LogP contribution < -0.4 is 4.90 Å². The van der Waals surface area contributed by atoms with Crippen molar-refractivity contribution in [3.05, 3.63) is 59.8 Å². The summed E-state index contributed by atoms with van der Waals surface area (Å²) in [4.78, 5) is 8.83. The van der Waals surface area contributed by atoms with Crippen LogP contribution in [0, 0.1) is 11.3 Å². The Hall–Kier alpha value is -2.42. The Morgan fingerprint density at radius 2 is 1.83 bits per heavy atom. The van der Waals surface area contributed by atoms with E-state index in [4.69, 9.17) is 5.26 Å². The van der Waals surface area contributed by atoms with Crippen molar-refractivity contribution >= 4 is 5.82 Å². The second kappa shape index (κ2) is 7.23. The first-order chi connectivity index (χ1) is 11.3. The van der Waals surface area contributed by atoms with Crippen LogP contribution in [0.4, 0.5) is 5.82 Å². The van der Waals surface area contributed by atoms with E-state index in [0.717, 1.165) is 37.6 Å². The van der Waals surface area contributed by atoms with Crippen molar-refractivity contribution < 1.29 is 5.11 Å². The Balaban J connectivity index is 1.53. The van der Waals surface area contributed by atoms with Crippen LogP contribution in [-0.2, 0) is 0 Å². The number of piperazine rings is 1. The van der Waals surface area contributed by atoms with Gasteiger partial charge in [0.2, 0.25) is 0 Å². The van der Waals surface area contributed by atoms with Crippen molar-refractivity contribution in [1.29, 1.82) is 5.26 Å². The molecule has 5 nitrogen and oxygen atoms in total. The molecule has 1 N–H and O–H groups in total. The maximum atomic E-state index is 10.3. The molecule has 23 heavy (non-hydrogen) atoms. The highest BCUT2D eigenvalue weighted by Crippen LogP contribution is 2.17. The van der Waals surface area contributed by atoms with Crippen LogP contribution >= 0.6 is 0 Å². The van der Waals surface area contributed by atoms with Gasteiger partial charge in [0, 0.05) is 38.9 Å². The number of β-amino-alcohol motifs (C(OH)–C–C–N with tert-alkyl or cyclic N) is 1. The second-order valence-electron chi connectivity index (χ2n) is 5.73. The first-order valence-corrected chi connectivity index (χ1v) is 7.83. The summed E-state index contributed by atoms with van der Waals surface area (Å²) in [7, 11) is 0. The number of nitrogens with zero attached hydrogens (tertiary/aromatic N) is 4. The van der Waals surface area contributed by atoms with Crippen LogP contribution in [0.1, 0.15) is 17.2 Å². The number of rotatable bonds is 4. The molecule has 1 saturated heterocycles. The predicted octanol–water partition coefficient (Wildman–Crippen LogP) is 1.81. The number of aliphatic hydroxyl groups excluding tert-OH is 1. The van der Waals surface area contributed by atoms with E-state index in [1.165, 1.54) is 0 Å². The monoisotopic (exact) mass is 308 g/mol. The van der Waals surface area contributed by atoms with Gasteiger partial charge in [-0.05, 0) is 17.7 Å². The SMILES string of the molecule is N#Cc1ccc(N2CCN(CC(O)c3ccccc3)CC2)nc1. The van der Waals surface area contributed by atoms with Crippen LogP contribution in [0.3, 0.4) is 0 Å². The van der Waals surface area contributed by atoms with E-state index < -0.39 is 6.10 Å². The fraction of sp³-hybridized carbons (Fsp3) is 0.333. The van der Waals surface area contributed by atoms with Crippen molar-refractivity contribution in [3.8, 4) is 6.07 Å². The lowest BCUT2D eigenvalue weighted by Gasteiger charge is -2.36. The lowest BCUT2D eigenvalue weighted by atomic mass is 10.1. The van der Waals surface area contributed by atoms with E-state index in [1.807, 2.05) is 36.4 Å². The summed E-state index contributed by atoms with van der Waals surface area (Å²) in [5.41, 5.74) is 1.54. The Labute approximate surface area is 136 Å². The molecule has 0 amide bonds. The van der Waals surface area contributed by atoms with Gasteiger partial charge >= 0.3 is 0 Å². The lowest BCUT2D eigenvalue weighted by molar-refractivity contribution is 0.109. The van der Waals surface area contributed by atoms with Gasteiger partial charge < -0.3 is 10.0 Å². The average Bonchev–Trinajstić information content (AvgIpc) is 2.63. The molecule has 1 unspecified atom stereocenters. The standard InChI is InChI=1S/C18H20N4O/c19-12-15-6-7-18(20-13-15)22-10-8-21(9-11-22)14-17(23)16-4-2-1-3-5-16/h1-7,13,17,23H,8-11,14H2. The predicted molar refractivity (Wildman–Crippen MR) is 89.0 cm³/mol. The minimum Gasteiger partial charge on any atom is -0.387 e. The summed E-state index contributed by atoms with van der Waals surface area (Å²) in [6.07, 6.45) is 1.16. The molecule has 1 atom stereocenters. The number of aliphatic hydroxyl groups is 1. The Kier molecular flexibility index (Phi) is 4.86. The Bertz CT molecular complexity index is 658. The summed E-state index contributed by atoms with van der Waals surface area (Å²) >= 11 is 0. The molecule has 1 aliphatic heterocycles. The molecule has 1 aromatic carbocycles. The molecule has 1 fully saturated rings. The van der Waals surface area contributed by atoms with Crippen LogP contribution in [0.2, 0.25) is 0 Å². The molecule has 2 heterocycles. The molecule has 0 bridgehead atoms. The zero-order valence-corrected chi connectivity index (χ0v) is 13.0. The number of anilines is 1. The molecule has 1 aliphatic rings. The average molecular weight is 308 g/mol. The molecular weight excluding hydrogens is 288 g/mol. The summed E-state index contributed by atoms with van der Waals surface area (Å²) in [5.74, 6) is 0.909. The van der Waals surface area contributed by atoms with Crippen LogP contribution in [-0.4, -0.2) is 47.7 Å². The molecule has 0 radical (unpaired) electrons. The number of hydrogen-bond acceptors (Lipinski definition) is 5. The maximum Gasteiger partial charge on any atom is 0.128 e. The highest BCUT2D eigenvalue weighted by Gasteiger charge is 2.20. The van der Waals surface area contributed by atoms with Gasteiger partial charge in [-0.15, -0.1) is 0 Å². The zero-order chi connectivity index (χ0) is 16.1. The smallest absolute Gasteiger partial charge is 0.128 e. The molecule has 0 spiro atoms. The second-order valence-corrected chi connectivity index (χ2v) is 5.73. The van der Waals surface area contributed by atoms with E-state index in [1.54, 1.807) is 12.3 Å². The van der Waals surface area contributed by atoms with Crippen molar-refractivity contribution in [2.24, 2.45) is 0 Å². The van der Waals surface area contributed by atoms with Gasteiger partial charge in [0.25, 0.3) is 0 Å².